The van der Waals surface area contributed by atoms with Gasteiger partial charge in [0.2, 0.25) is 0 Å². The molecule has 0 saturated heterocycles. The minimum Gasteiger partial charge on any atom is -0.434 e. The van der Waals surface area contributed by atoms with E-state index >= 15 is 0 Å². The molecule has 6 nitrogen and oxygen atoms in total. The highest BCUT2D eigenvalue weighted by atomic mass is 16.8. The SMILES string of the molecule is CC(C)CCCOC(=O)OC1CCCCC1OC(=O)OC(C)(C)C. The number of ether oxygens (including phenoxy) is 4. The van der Waals surface area contributed by atoms with Gasteiger partial charge in [0.1, 0.15) is 17.8 Å². The average molecular weight is 344 g/mol. The smallest absolute Gasteiger partial charge is 0.434 e. The molecule has 0 aliphatic heterocycles. The second-order valence-electron chi connectivity index (χ2n) is 7.70. The zero-order chi connectivity index (χ0) is 18.2. The largest absolute Gasteiger partial charge is 0.509 e. The summed E-state index contributed by atoms with van der Waals surface area (Å²) in [4.78, 5) is 23.6. The van der Waals surface area contributed by atoms with Crippen molar-refractivity contribution >= 4 is 12.3 Å². The van der Waals surface area contributed by atoms with Crippen LogP contribution in [0.15, 0.2) is 0 Å². The van der Waals surface area contributed by atoms with E-state index in [1.165, 1.54) is 0 Å². The van der Waals surface area contributed by atoms with Crippen LogP contribution in [-0.2, 0) is 18.9 Å². The summed E-state index contributed by atoms with van der Waals surface area (Å²) < 4.78 is 21.0. The van der Waals surface area contributed by atoms with Crippen LogP contribution in [-0.4, -0.2) is 36.7 Å². The molecule has 0 aromatic rings. The standard InChI is InChI=1S/C18H32O6/c1-13(2)9-8-12-21-16(19)22-14-10-6-7-11-15(14)23-17(20)24-18(3,4)5/h13-15H,6-12H2,1-5H3. The Bertz CT molecular complexity index is 399. The number of carbonyl (C=O) groups is 2. The third kappa shape index (κ3) is 8.99. The van der Waals surface area contributed by atoms with Gasteiger partial charge in [-0.1, -0.05) is 13.8 Å². The first-order chi connectivity index (χ1) is 11.2. The van der Waals surface area contributed by atoms with Crippen molar-refractivity contribution in [2.75, 3.05) is 6.61 Å². The van der Waals surface area contributed by atoms with Crippen molar-refractivity contribution in [1.82, 2.24) is 0 Å². The highest BCUT2D eigenvalue weighted by Gasteiger charge is 2.33. The summed E-state index contributed by atoms with van der Waals surface area (Å²) in [5, 5.41) is 0. The third-order valence-corrected chi connectivity index (χ3v) is 3.67. The Kier molecular flexibility index (Phi) is 8.36. The Balaban J connectivity index is 2.40. The monoisotopic (exact) mass is 344 g/mol. The highest BCUT2D eigenvalue weighted by molar-refractivity contribution is 5.61. The van der Waals surface area contributed by atoms with Crippen molar-refractivity contribution in [2.45, 2.75) is 91.0 Å². The predicted octanol–water partition coefficient (Wildman–Crippen LogP) is 4.84. The van der Waals surface area contributed by atoms with Crippen molar-refractivity contribution in [3.05, 3.63) is 0 Å². The molecule has 0 heterocycles. The van der Waals surface area contributed by atoms with Crippen molar-refractivity contribution in [2.24, 2.45) is 5.92 Å². The van der Waals surface area contributed by atoms with E-state index in [0.29, 0.717) is 25.4 Å². The Morgan fingerprint density at radius 1 is 1.00 bits per heavy atom. The molecule has 0 spiro atoms. The lowest BCUT2D eigenvalue weighted by atomic mass is 9.95. The molecule has 0 aromatic heterocycles. The van der Waals surface area contributed by atoms with E-state index in [0.717, 1.165) is 25.7 Å². The maximum Gasteiger partial charge on any atom is 0.509 e. The van der Waals surface area contributed by atoms with Crippen LogP contribution in [0.5, 0.6) is 0 Å². The summed E-state index contributed by atoms with van der Waals surface area (Å²) in [5.41, 5.74) is -0.614. The fourth-order valence-electron chi connectivity index (χ4n) is 2.53. The second-order valence-corrected chi connectivity index (χ2v) is 7.70. The van der Waals surface area contributed by atoms with Gasteiger partial charge in [-0.3, -0.25) is 0 Å². The predicted molar refractivity (Wildman–Crippen MR) is 89.9 cm³/mol. The van der Waals surface area contributed by atoms with Crippen LogP contribution >= 0.6 is 0 Å². The molecule has 24 heavy (non-hydrogen) atoms. The van der Waals surface area contributed by atoms with Gasteiger partial charge in [-0.2, -0.15) is 0 Å². The molecule has 2 unspecified atom stereocenters. The maximum atomic E-state index is 11.8. The van der Waals surface area contributed by atoms with Crippen LogP contribution in [0.4, 0.5) is 9.59 Å². The molecule has 1 fully saturated rings. The van der Waals surface area contributed by atoms with E-state index < -0.39 is 30.1 Å². The van der Waals surface area contributed by atoms with Gasteiger partial charge < -0.3 is 18.9 Å². The molecule has 0 amide bonds. The Hall–Kier alpha value is -1.46. The van der Waals surface area contributed by atoms with Crippen molar-refractivity contribution < 1.29 is 28.5 Å². The molecule has 1 aliphatic carbocycles. The van der Waals surface area contributed by atoms with Crippen molar-refractivity contribution in [1.29, 1.82) is 0 Å². The van der Waals surface area contributed by atoms with Crippen LogP contribution in [0.25, 0.3) is 0 Å². The van der Waals surface area contributed by atoms with Crippen molar-refractivity contribution in [3.63, 3.8) is 0 Å². The molecule has 1 saturated carbocycles. The minimum absolute atomic E-state index is 0.349. The normalized spacial score (nSPS) is 21.2. The summed E-state index contributed by atoms with van der Waals surface area (Å²) in [6, 6.07) is 0. The van der Waals surface area contributed by atoms with Crippen LogP contribution in [0.1, 0.15) is 73.1 Å². The molecular formula is C18H32O6. The van der Waals surface area contributed by atoms with E-state index in [4.69, 9.17) is 18.9 Å². The summed E-state index contributed by atoms with van der Waals surface area (Å²) in [6.45, 7) is 9.92. The quantitative estimate of drug-likeness (QED) is 0.507. The third-order valence-electron chi connectivity index (χ3n) is 3.67. The molecule has 0 bridgehead atoms. The van der Waals surface area contributed by atoms with Crippen LogP contribution < -0.4 is 0 Å². The lowest BCUT2D eigenvalue weighted by Gasteiger charge is -2.31. The first-order valence-corrected chi connectivity index (χ1v) is 8.90. The molecule has 2 atom stereocenters. The molecule has 1 rings (SSSR count). The van der Waals surface area contributed by atoms with Gasteiger partial charge in [0, 0.05) is 0 Å². The van der Waals surface area contributed by atoms with Crippen LogP contribution in [0.2, 0.25) is 0 Å². The Labute approximate surface area is 145 Å². The molecule has 6 heteroatoms. The topological polar surface area (TPSA) is 71.1 Å². The molecular weight excluding hydrogens is 312 g/mol. The van der Waals surface area contributed by atoms with Gasteiger partial charge in [0.15, 0.2) is 0 Å². The van der Waals surface area contributed by atoms with Crippen LogP contribution in [0.3, 0.4) is 0 Å². The van der Waals surface area contributed by atoms with E-state index in [1.807, 2.05) is 0 Å². The summed E-state index contributed by atoms with van der Waals surface area (Å²) in [5.74, 6) is 0.578. The fraction of sp³-hybridized carbons (Fsp3) is 0.889. The Morgan fingerprint density at radius 2 is 1.54 bits per heavy atom. The first-order valence-electron chi connectivity index (χ1n) is 8.90. The van der Waals surface area contributed by atoms with Crippen LogP contribution in [0, 0.1) is 5.92 Å². The summed E-state index contributed by atoms with van der Waals surface area (Å²) >= 11 is 0. The van der Waals surface area contributed by atoms with Gasteiger partial charge in [-0.15, -0.1) is 0 Å². The zero-order valence-electron chi connectivity index (χ0n) is 15.6. The van der Waals surface area contributed by atoms with Gasteiger partial charge in [-0.25, -0.2) is 9.59 Å². The first kappa shape index (κ1) is 20.6. The minimum atomic E-state index is -0.728. The lowest BCUT2D eigenvalue weighted by molar-refractivity contribution is -0.0854. The van der Waals surface area contributed by atoms with Gasteiger partial charge in [0.05, 0.1) is 6.61 Å². The number of hydrogen-bond acceptors (Lipinski definition) is 6. The van der Waals surface area contributed by atoms with Gasteiger partial charge in [-0.05, 0) is 65.2 Å². The highest BCUT2D eigenvalue weighted by Crippen LogP contribution is 2.25. The van der Waals surface area contributed by atoms with E-state index in [1.54, 1.807) is 20.8 Å². The van der Waals surface area contributed by atoms with Gasteiger partial charge in [0.25, 0.3) is 0 Å². The summed E-state index contributed by atoms with van der Waals surface area (Å²) in [7, 11) is 0. The number of hydrogen-bond donors (Lipinski definition) is 0. The fourth-order valence-corrected chi connectivity index (χ4v) is 2.53. The second kappa shape index (κ2) is 9.74. The van der Waals surface area contributed by atoms with E-state index in [-0.39, 0.29) is 0 Å². The molecule has 0 aromatic carbocycles. The molecule has 1 aliphatic rings. The van der Waals surface area contributed by atoms with E-state index in [2.05, 4.69) is 13.8 Å². The van der Waals surface area contributed by atoms with E-state index in [9.17, 15) is 9.59 Å². The zero-order valence-corrected chi connectivity index (χ0v) is 15.6. The maximum absolute atomic E-state index is 11.8. The Morgan fingerprint density at radius 3 is 2.04 bits per heavy atom. The lowest BCUT2D eigenvalue weighted by Crippen LogP contribution is -2.39. The number of rotatable bonds is 6. The number of carbonyl (C=O) groups excluding carboxylic acids is 2. The van der Waals surface area contributed by atoms with Crippen molar-refractivity contribution in [3.8, 4) is 0 Å². The molecule has 0 N–H and O–H groups in total. The van der Waals surface area contributed by atoms with Gasteiger partial charge >= 0.3 is 12.3 Å². The molecule has 140 valence electrons. The summed E-state index contributed by atoms with van der Waals surface area (Å²) in [6.07, 6.45) is 2.63. The molecule has 0 radical (unpaired) electrons. The average Bonchev–Trinajstić information content (AvgIpc) is 2.43.